The smallest absolute Gasteiger partial charge is 0.316 e. The molecular formula is C25H23N5O3. The molecule has 4 N–H and O–H groups in total. The predicted octanol–water partition coefficient (Wildman–Crippen LogP) is 4.69. The predicted molar refractivity (Wildman–Crippen MR) is 125 cm³/mol. The second kappa shape index (κ2) is 9.35. The number of anilines is 1. The van der Waals surface area contributed by atoms with Crippen molar-refractivity contribution in [2.75, 3.05) is 5.32 Å². The van der Waals surface area contributed by atoms with Gasteiger partial charge in [-0.25, -0.2) is 4.79 Å². The van der Waals surface area contributed by atoms with Crippen molar-refractivity contribution in [1.82, 2.24) is 15.5 Å². The van der Waals surface area contributed by atoms with Crippen LogP contribution in [0.1, 0.15) is 34.5 Å². The average molecular weight is 441 g/mol. The number of hydrogen-bond acceptors (Lipinski definition) is 5. The van der Waals surface area contributed by atoms with Gasteiger partial charge in [0.2, 0.25) is 11.8 Å². The van der Waals surface area contributed by atoms with E-state index in [1.54, 1.807) is 36.4 Å². The Kier molecular flexibility index (Phi) is 6.17. The number of nitrogens with one attached hydrogen (secondary N) is 2. The highest BCUT2D eigenvalue weighted by atomic mass is 16.4. The summed E-state index contributed by atoms with van der Waals surface area (Å²) in [5, 5.41) is 13.7. The average Bonchev–Trinajstić information content (AvgIpc) is 3.30. The summed E-state index contributed by atoms with van der Waals surface area (Å²) < 4.78 is 5.81. The highest BCUT2D eigenvalue weighted by Crippen LogP contribution is 2.25. The van der Waals surface area contributed by atoms with E-state index < -0.39 is 6.03 Å². The fraction of sp³-hybridized carbons (Fsp3) is 0.120. The van der Waals surface area contributed by atoms with E-state index in [0.717, 1.165) is 22.3 Å². The first-order valence-electron chi connectivity index (χ1n) is 10.4. The van der Waals surface area contributed by atoms with E-state index in [4.69, 9.17) is 10.2 Å². The van der Waals surface area contributed by atoms with Crippen LogP contribution >= 0.6 is 0 Å². The van der Waals surface area contributed by atoms with E-state index in [1.165, 1.54) is 0 Å². The quantitative estimate of drug-likeness (QED) is 0.400. The molecule has 0 saturated carbocycles. The monoisotopic (exact) mass is 441 g/mol. The molecule has 0 radical (unpaired) electrons. The number of primary amides is 1. The molecular weight excluding hydrogens is 418 g/mol. The fourth-order valence-electron chi connectivity index (χ4n) is 3.36. The summed E-state index contributed by atoms with van der Waals surface area (Å²) >= 11 is 0. The number of benzene rings is 3. The highest BCUT2D eigenvalue weighted by Gasteiger charge is 2.14. The van der Waals surface area contributed by atoms with Crippen LogP contribution in [0.4, 0.5) is 10.5 Å². The molecule has 0 aliphatic rings. The van der Waals surface area contributed by atoms with Crippen molar-refractivity contribution in [2.45, 2.75) is 19.9 Å². The number of rotatable bonds is 6. The molecule has 0 spiro atoms. The number of aryl methyl sites for hydroxylation is 1. The zero-order valence-corrected chi connectivity index (χ0v) is 18.2. The van der Waals surface area contributed by atoms with Crippen LogP contribution in [0.3, 0.4) is 0 Å². The van der Waals surface area contributed by atoms with Gasteiger partial charge in [-0.3, -0.25) is 4.79 Å². The van der Waals surface area contributed by atoms with Crippen LogP contribution in [0, 0.1) is 6.92 Å². The van der Waals surface area contributed by atoms with Crippen molar-refractivity contribution < 1.29 is 14.0 Å². The largest absolute Gasteiger partial charge is 0.416 e. The molecule has 0 bridgehead atoms. The van der Waals surface area contributed by atoms with E-state index >= 15 is 0 Å². The molecule has 1 heterocycles. The van der Waals surface area contributed by atoms with Gasteiger partial charge >= 0.3 is 6.03 Å². The van der Waals surface area contributed by atoms with E-state index in [-0.39, 0.29) is 11.9 Å². The van der Waals surface area contributed by atoms with E-state index in [9.17, 15) is 9.59 Å². The van der Waals surface area contributed by atoms with Crippen LogP contribution in [0.15, 0.2) is 77.2 Å². The Bertz CT molecular complexity index is 1280. The van der Waals surface area contributed by atoms with Crippen molar-refractivity contribution in [3.05, 3.63) is 89.5 Å². The molecule has 4 rings (SSSR count). The summed E-state index contributed by atoms with van der Waals surface area (Å²) in [6, 6.07) is 21.1. The van der Waals surface area contributed by atoms with Crippen LogP contribution in [0.2, 0.25) is 0 Å². The van der Waals surface area contributed by atoms with E-state index in [0.29, 0.717) is 23.0 Å². The van der Waals surface area contributed by atoms with Crippen molar-refractivity contribution in [1.29, 1.82) is 0 Å². The maximum absolute atomic E-state index is 12.7. The Morgan fingerprint density at radius 3 is 2.21 bits per heavy atom. The highest BCUT2D eigenvalue weighted by molar-refractivity contribution is 5.94. The number of aromatic nitrogens is 2. The van der Waals surface area contributed by atoms with E-state index in [1.807, 2.05) is 50.2 Å². The van der Waals surface area contributed by atoms with Gasteiger partial charge in [0, 0.05) is 22.4 Å². The molecule has 4 aromatic rings. The molecule has 0 aliphatic heterocycles. The van der Waals surface area contributed by atoms with Crippen LogP contribution in [0.25, 0.3) is 22.9 Å². The Balaban J connectivity index is 1.41. The molecule has 8 heteroatoms. The van der Waals surface area contributed by atoms with Crippen LogP contribution < -0.4 is 16.4 Å². The maximum atomic E-state index is 12.7. The van der Waals surface area contributed by atoms with Crippen LogP contribution in [-0.4, -0.2) is 22.1 Å². The number of nitrogens with two attached hydrogens (primary N) is 1. The lowest BCUT2D eigenvalue weighted by Gasteiger charge is -2.15. The molecule has 0 saturated heterocycles. The van der Waals surface area contributed by atoms with Gasteiger partial charge in [0.25, 0.3) is 5.91 Å². The van der Waals surface area contributed by atoms with Crippen molar-refractivity contribution in [2.24, 2.45) is 5.73 Å². The third-order valence-electron chi connectivity index (χ3n) is 5.11. The first-order valence-corrected chi connectivity index (χ1v) is 10.4. The van der Waals surface area contributed by atoms with Crippen molar-refractivity contribution >= 4 is 17.6 Å². The Morgan fingerprint density at radius 2 is 1.58 bits per heavy atom. The molecule has 1 atom stereocenters. The summed E-state index contributed by atoms with van der Waals surface area (Å²) in [5.41, 5.74) is 9.80. The van der Waals surface area contributed by atoms with Crippen molar-refractivity contribution in [3.63, 3.8) is 0 Å². The van der Waals surface area contributed by atoms with Gasteiger partial charge in [-0.2, -0.15) is 0 Å². The number of urea groups is 1. The zero-order chi connectivity index (χ0) is 23.4. The first-order chi connectivity index (χ1) is 15.9. The standard InChI is InChI=1S/C25H23N5O3/c1-15-4-3-5-20(14-15)24-30-29-23(33-24)19-8-6-18(7-9-19)22(31)27-16(2)17-10-12-21(13-11-17)28-25(26)32/h3-14,16H,1-2H3,(H,27,31)(H3,26,28,32). The minimum Gasteiger partial charge on any atom is -0.416 e. The fourth-order valence-corrected chi connectivity index (χ4v) is 3.36. The van der Waals surface area contributed by atoms with E-state index in [2.05, 4.69) is 20.8 Å². The maximum Gasteiger partial charge on any atom is 0.316 e. The molecule has 3 aromatic carbocycles. The van der Waals surface area contributed by atoms with Gasteiger partial charge in [0.05, 0.1) is 6.04 Å². The summed E-state index contributed by atoms with van der Waals surface area (Å²) in [7, 11) is 0. The molecule has 33 heavy (non-hydrogen) atoms. The molecule has 3 amide bonds. The summed E-state index contributed by atoms with van der Waals surface area (Å²) in [5.74, 6) is 0.622. The summed E-state index contributed by atoms with van der Waals surface area (Å²) in [4.78, 5) is 23.6. The first kappa shape index (κ1) is 21.8. The van der Waals surface area contributed by atoms with Gasteiger partial charge in [0.15, 0.2) is 0 Å². The second-order valence-electron chi connectivity index (χ2n) is 7.67. The SMILES string of the molecule is Cc1cccc(-c2nnc(-c3ccc(C(=O)NC(C)c4ccc(NC(N)=O)cc4)cc3)o2)c1. The summed E-state index contributed by atoms with van der Waals surface area (Å²) in [6.45, 7) is 3.88. The normalized spacial score (nSPS) is 11.6. The number of nitrogens with zero attached hydrogens (tertiary/aromatic N) is 2. The number of carbonyl (C=O) groups is 2. The second-order valence-corrected chi connectivity index (χ2v) is 7.67. The molecule has 8 nitrogen and oxygen atoms in total. The van der Waals surface area contributed by atoms with Crippen LogP contribution in [0.5, 0.6) is 0 Å². The minimum absolute atomic E-state index is 0.209. The number of carbonyl (C=O) groups excluding carboxylic acids is 2. The van der Waals surface area contributed by atoms with Gasteiger partial charge in [0.1, 0.15) is 0 Å². The third kappa shape index (κ3) is 5.24. The third-order valence-corrected chi connectivity index (χ3v) is 5.11. The molecule has 0 aliphatic carbocycles. The molecule has 0 fully saturated rings. The Labute approximate surface area is 190 Å². The lowest BCUT2D eigenvalue weighted by Crippen LogP contribution is -2.26. The van der Waals surface area contributed by atoms with Crippen LogP contribution in [-0.2, 0) is 0 Å². The molecule has 1 aromatic heterocycles. The molecule has 1 unspecified atom stereocenters. The lowest BCUT2D eigenvalue weighted by molar-refractivity contribution is 0.0940. The number of hydrogen-bond donors (Lipinski definition) is 3. The zero-order valence-electron chi connectivity index (χ0n) is 18.2. The Morgan fingerprint density at radius 1 is 0.909 bits per heavy atom. The number of amides is 3. The van der Waals surface area contributed by atoms with Crippen molar-refractivity contribution in [3.8, 4) is 22.9 Å². The van der Waals surface area contributed by atoms with Gasteiger partial charge in [-0.1, -0.05) is 29.8 Å². The molecule has 166 valence electrons. The lowest BCUT2D eigenvalue weighted by atomic mass is 10.1. The van der Waals surface area contributed by atoms with Gasteiger partial charge in [-0.15, -0.1) is 10.2 Å². The summed E-state index contributed by atoms with van der Waals surface area (Å²) in [6.07, 6.45) is 0. The van der Waals surface area contributed by atoms with Gasteiger partial charge < -0.3 is 20.8 Å². The minimum atomic E-state index is -0.625. The Hall–Kier alpha value is -4.46. The van der Waals surface area contributed by atoms with Gasteiger partial charge in [-0.05, 0) is 67.9 Å². The topological polar surface area (TPSA) is 123 Å².